The first kappa shape index (κ1) is 16.8. The minimum absolute atomic E-state index is 0.0562. The smallest absolute Gasteiger partial charge is 0.262 e. The Morgan fingerprint density at radius 2 is 1.79 bits per heavy atom. The molecular formula is C20H22N2OS. The molecule has 0 aliphatic carbocycles. The lowest BCUT2D eigenvalue weighted by atomic mass is 10.2. The number of aryl methyl sites for hydroxylation is 1. The molecule has 0 fully saturated rings. The van der Waals surface area contributed by atoms with Gasteiger partial charge in [-0.25, -0.2) is 4.98 Å². The van der Waals surface area contributed by atoms with Crippen molar-refractivity contribution < 1.29 is 0 Å². The van der Waals surface area contributed by atoms with Crippen molar-refractivity contribution in [3.8, 4) is 0 Å². The van der Waals surface area contributed by atoms with Crippen LogP contribution in [0.3, 0.4) is 0 Å². The van der Waals surface area contributed by atoms with Crippen molar-refractivity contribution in [3.63, 3.8) is 0 Å². The van der Waals surface area contributed by atoms with Crippen molar-refractivity contribution in [1.29, 1.82) is 0 Å². The number of thioether (sulfide) groups is 1. The zero-order chi connectivity index (χ0) is 17.1. The summed E-state index contributed by atoms with van der Waals surface area (Å²) in [5.74, 6) is 1.20. The highest BCUT2D eigenvalue weighted by Gasteiger charge is 2.12. The number of hydrogen-bond acceptors (Lipinski definition) is 3. The van der Waals surface area contributed by atoms with Crippen molar-refractivity contribution in [3.05, 3.63) is 70.0 Å². The molecule has 0 aliphatic heterocycles. The normalized spacial score (nSPS) is 11.3. The summed E-state index contributed by atoms with van der Waals surface area (Å²) in [5, 5.41) is 1.49. The molecule has 0 radical (unpaired) electrons. The average molecular weight is 338 g/mol. The predicted octanol–water partition coefficient (Wildman–Crippen LogP) is 4.65. The van der Waals surface area contributed by atoms with Crippen LogP contribution in [0.1, 0.15) is 25.0 Å². The van der Waals surface area contributed by atoms with Crippen LogP contribution < -0.4 is 5.56 Å². The SMILES string of the molecule is Cc1ccc(CSc2nc3ccccc3c(=O)n2CC(C)C)cc1. The fraction of sp³-hybridized carbons (Fsp3) is 0.300. The third-order valence-electron chi connectivity index (χ3n) is 3.86. The molecule has 0 atom stereocenters. The lowest BCUT2D eigenvalue weighted by molar-refractivity contribution is 0.475. The molecule has 1 aromatic heterocycles. The number of para-hydroxylation sites is 1. The Balaban J connectivity index is 1.98. The molecule has 2 aromatic carbocycles. The summed E-state index contributed by atoms with van der Waals surface area (Å²) in [5.41, 5.74) is 3.32. The molecule has 4 heteroatoms. The summed E-state index contributed by atoms with van der Waals surface area (Å²) >= 11 is 1.63. The number of aromatic nitrogens is 2. The van der Waals surface area contributed by atoms with Gasteiger partial charge in [-0.1, -0.05) is 67.6 Å². The van der Waals surface area contributed by atoms with Crippen LogP contribution >= 0.6 is 11.8 Å². The number of fused-ring (bicyclic) bond motifs is 1. The molecule has 3 aromatic rings. The monoisotopic (exact) mass is 338 g/mol. The standard InChI is InChI=1S/C20H22N2OS/c1-14(2)12-22-19(23)17-6-4-5-7-18(17)21-20(22)24-13-16-10-8-15(3)9-11-16/h4-11,14H,12-13H2,1-3H3. The highest BCUT2D eigenvalue weighted by molar-refractivity contribution is 7.98. The highest BCUT2D eigenvalue weighted by Crippen LogP contribution is 2.23. The predicted molar refractivity (Wildman–Crippen MR) is 102 cm³/mol. The number of hydrogen-bond donors (Lipinski definition) is 0. The maximum Gasteiger partial charge on any atom is 0.262 e. The highest BCUT2D eigenvalue weighted by atomic mass is 32.2. The van der Waals surface area contributed by atoms with Crippen LogP contribution in [0, 0.1) is 12.8 Å². The van der Waals surface area contributed by atoms with E-state index in [4.69, 9.17) is 4.98 Å². The van der Waals surface area contributed by atoms with Gasteiger partial charge in [-0.05, 0) is 30.5 Å². The lowest BCUT2D eigenvalue weighted by Crippen LogP contribution is -2.25. The fourth-order valence-corrected chi connectivity index (χ4v) is 3.58. The van der Waals surface area contributed by atoms with E-state index in [1.165, 1.54) is 11.1 Å². The number of rotatable bonds is 5. The molecule has 0 bridgehead atoms. The third-order valence-corrected chi connectivity index (χ3v) is 4.91. The molecule has 1 heterocycles. The van der Waals surface area contributed by atoms with Crippen molar-refractivity contribution in [1.82, 2.24) is 9.55 Å². The van der Waals surface area contributed by atoms with E-state index in [2.05, 4.69) is 45.0 Å². The second-order valence-electron chi connectivity index (χ2n) is 6.50. The Morgan fingerprint density at radius 1 is 1.08 bits per heavy atom. The van der Waals surface area contributed by atoms with E-state index in [1.807, 2.05) is 28.8 Å². The molecule has 24 heavy (non-hydrogen) atoms. The van der Waals surface area contributed by atoms with Gasteiger partial charge in [0.2, 0.25) is 0 Å². The van der Waals surface area contributed by atoms with Crippen LogP contribution in [-0.4, -0.2) is 9.55 Å². The molecule has 0 N–H and O–H groups in total. The van der Waals surface area contributed by atoms with Gasteiger partial charge in [0.1, 0.15) is 0 Å². The summed E-state index contributed by atoms with van der Waals surface area (Å²) in [4.78, 5) is 17.6. The molecule has 0 aliphatic rings. The van der Waals surface area contributed by atoms with Crippen LogP contribution in [0.5, 0.6) is 0 Å². The van der Waals surface area contributed by atoms with Gasteiger partial charge in [0.15, 0.2) is 5.16 Å². The van der Waals surface area contributed by atoms with Crippen LogP contribution in [0.25, 0.3) is 10.9 Å². The maximum absolute atomic E-state index is 12.9. The fourth-order valence-electron chi connectivity index (χ4n) is 2.62. The lowest BCUT2D eigenvalue weighted by Gasteiger charge is -2.15. The van der Waals surface area contributed by atoms with E-state index >= 15 is 0 Å². The first-order valence-electron chi connectivity index (χ1n) is 8.22. The molecule has 3 nitrogen and oxygen atoms in total. The zero-order valence-electron chi connectivity index (χ0n) is 14.3. The van der Waals surface area contributed by atoms with E-state index in [0.717, 1.165) is 16.4 Å². The van der Waals surface area contributed by atoms with Gasteiger partial charge in [0.25, 0.3) is 5.56 Å². The van der Waals surface area contributed by atoms with E-state index in [1.54, 1.807) is 11.8 Å². The van der Waals surface area contributed by atoms with Gasteiger partial charge in [0.05, 0.1) is 10.9 Å². The molecule has 0 saturated carbocycles. The van der Waals surface area contributed by atoms with Gasteiger partial charge in [0, 0.05) is 12.3 Å². The van der Waals surface area contributed by atoms with E-state index < -0.39 is 0 Å². The Morgan fingerprint density at radius 3 is 2.50 bits per heavy atom. The first-order valence-corrected chi connectivity index (χ1v) is 9.21. The van der Waals surface area contributed by atoms with E-state index in [0.29, 0.717) is 17.8 Å². The maximum atomic E-state index is 12.9. The summed E-state index contributed by atoms with van der Waals surface area (Å²) in [6.07, 6.45) is 0. The minimum Gasteiger partial charge on any atom is -0.287 e. The topological polar surface area (TPSA) is 34.9 Å². The van der Waals surface area contributed by atoms with Crippen molar-refractivity contribution >= 4 is 22.7 Å². The van der Waals surface area contributed by atoms with E-state index in [-0.39, 0.29) is 5.56 Å². The van der Waals surface area contributed by atoms with Gasteiger partial charge >= 0.3 is 0 Å². The van der Waals surface area contributed by atoms with Crippen molar-refractivity contribution in [2.24, 2.45) is 5.92 Å². The molecule has 3 rings (SSSR count). The molecule has 0 amide bonds. The summed E-state index contributed by atoms with van der Waals surface area (Å²) in [6, 6.07) is 16.1. The zero-order valence-corrected chi connectivity index (χ0v) is 15.1. The molecule has 0 unspecified atom stereocenters. The van der Waals surface area contributed by atoms with Gasteiger partial charge in [-0.3, -0.25) is 9.36 Å². The van der Waals surface area contributed by atoms with Gasteiger partial charge in [-0.15, -0.1) is 0 Å². The molecular weight excluding hydrogens is 316 g/mol. The average Bonchev–Trinajstić information content (AvgIpc) is 2.57. The number of benzene rings is 2. The van der Waals surface area contributed by atoms with Gasteiger partial charge in [-0.2, -0.15) is 0 Å². The van der Waals surface area contributed by atoms with Crippen molar-refractivity contribution in [2.45, 2.75) is 38.2 Å². The molecule has 0 spiro atoms. The molecule has 0 saturated heterocycles. The van der Waals surface area contributed by atoms with Crippen LogP contribution in [0.15, 0.2) is 58.5 Å². The van der Waals surface area contributed by atoms with Gasteiger partial charge < -0.3 is 0 Å². The number of nitrogens with zero attached hydrogens (tertiary/aromatic N) is 2. The third kappa shape index (κ3) is 3.70. The molecule has 124 valence electrons. The largest absolute Gasteiger partial charge is 0.287 e. The van der Waals surface area contributed by atoms with Crippen LogP contribution in [0.4, 0.5) is 0 Å². The van der Waals surface area contributed by atoms with Crippen LogP contribution in [0.2, 0.25) is 0 Å². The Kier molecular flexibility index (Phi) is 5.05. The Bertz CT molecular complexity index is 898. The second kappa shape index (κ2) is 7.22. The Labute approximate surface area is 146 Å². The summed E-state index contributed by atoms with van der Waals surface area (Å²) in [7, 11) is 0. The Hall–Kier alpha value is -2.07. The second-order valence-corrected chi connectivity index (χ2v) is 7.44. The first-order chi connectivity index (χ1) is 11.5. The quantitative estimate of drug-likeness (QED) is 0.501. The summed E-state index contributed by atoms with van der Waals surface area (Å²) in [6.45, 7) is 7.01. The van der Waals surface area contributed by atoms with Crippen LogP contribution in [-0.2, 0) is 12.3 Å². The summed E-state index contributed by atoms with van der Waals surface area (Å²) < 4.78 is 1.83. The minimum atomic E-state index is 0.0562. The van der Waals surface area contributed by atoms with Crippen molar-refractivity contribution in [2.75, 3.05) is 0 Å². The van der Waals surface area contributed by atoms with E-state index in [9.17, 15) is 4.79 Å².